The molecule has 148 valence electrons. The minimum atomic E-state index is -0.180. The van der Waals surface area contributed by atoms with E-state index in [9.17, 15) is 0 Å². The average molecular weight is 417 g/mol. The molecule has 8 heteroatoms. The summed E-state index contributed by atoms with van der Waals surface area (Å²) in [5, 5.41) is 13.7. The molecular weight excluding hydrogens is 392 g/mol. The summed E-state index contributed by atoms with van der Waals surface area (Å²) >= 11 is 6.97. The van der Waals surface area contributed by atoms with Gasteiger partial charge in [-0.15, -0.1) is 11.3 Å². The highest BCUT2D eigenvalue weighted by Crippen LogP contribution is 2.29. The average Bonchev–Trinajstić information content (AvgIpc) is 3.28. The predicted molar refractivity (Wildman–Crippen MR) is 115 cm³/mol. The Bertz CT molecular complexity index is 998. The Morgan fingerprint density at radius 1 is 1.25 bits per heavy atom. The number of hydrogen-bond acceptors (Lipinski definition) is 6. The lowest BCUT2D eigenvalue weighted by Gasteiger charge is -2.16. The van der Waals surface area contributed by atoms with Crippen molar-refractivity contribution >= 4 is 29.8 Å². The van der Waals surface area contributed by atoms with Gasteiger partial charge in [-0.3, -0.25) is 5.10 Å². The summed E-state index contributed by atoms with van der Waals surface area (Å²) in [6, 6.07) is 9.82. The van der Waals surface area contributed by atoms with Crippen molar-refractivity contribution in [2.45, 2.75) is 39.7 Å². The van der Waals surface area contributed by atoms with Crippen LogP contribution in [0.1, 0.15) is 44.0 Å². The molecule has 2 aromatic heterocycles. The number of nitrogens with one attached hydrogen (secondary N) is 1. The zero-order chi connectivity index (χ0) is 20.1. The SMILES string of the molecule is CCOc1cc(/C=N\n2c(C(C)(C)C)n[nH]c2=S)ccc1OCc1cccs1. The van der Waals surface area contributed by atoms with Crippen LogP contribution in [0.15, 0.2) is 40.8 Å². The number of H-pyrrole nitrogens is 1. The van der Waals surface area contributed by atoms with E-state index >= 15 is 0 Å². The van der Waals surface area contributed by atoms with E-state index in [0.717, 1.165) is 16.3 Å². The monoisotopic (exact) mass is 416 g/mol. The van der Waals surface area contributed by atoms with Crippen LogP contribution in [-0.4, -0.2) is 27.7 Å². The first kappa shape index (κ1) is 20.3. The van der Waals surface area contributed by atoms with Crippen molar-refractivity contribution in [3.63, 3.8) is 0 Å². The molecule has 0 aliphatic rings. The molecule has 3 aromatic rings. The molecule has 3 rings (SSSR count). The van der Waals surface area contributed by atoms with E-state index in [2.05, 4.69) is 36.1 Å². The van der Waals surface area contributed by atoms with Gasteiger partial charge in [0.25, 0.3) is 0 Å². The molecule has 1 aromatic carbocycles. The summed E-state index contributed by atoms with van der Waals surface area (Å²) in [7, 11) is 0. The normalized spacial score (nSPS) is 11.9. The summed E-state index contributed by atoms with van der Waals surface area (Å²) in [5.74, 6) is 2.17. The lowest BCUT2D eigenvalue weighted by Crippen LogP contribution is -2.17. The van der Waals surface area contributed by atoms with Gasteiger partial charge in [0, 0.05) is 10.3 Å². The zero-order valence-electron chi connectivity index (χ0n) is 16.4. The number of thiophene rings is 1. The molecule has 0 bridgehead atoms. The van der Waals surface area contributed by atoms with E-state index < -0.39 is 0 Å². The summed E-state index contributed by atoms with van der Waals surface area (Å²) < 4.78 is 13.8. The molecule has 0 saturated heterocycles. The van der Waals surface area contributed by atoms with Crippen molar-refractivity contribution < 1.29 is 9.47 Å². The first-order chi connectivity index (χ1) is 13.4. The molecule has 0 fully saturated rings. The van der Waals surface area contributed by atoms with Crippen LogP contribution in [0.5, 0.6) is 11.5 Å². The molecule has 0 aliphatic heterocycles. The minimum absolute atomic E-state index is 0.180. The topological polar surface area (TPSA) is 64.4 Å². The van der Waals surface area contributed by atoms with Crippen molar-refractivity contribution in [2.75, 3.05) is 6.61 Å². The van der Waals surface area contributed by atoms with Crippen LogP contribution in [0.2, 0.25) is 0 Å². The van der Waals surface area contributed by atoms with Gasteiger partial charge in [0.2, 0.25) is 4.77 Å². The second-order valence-electron chi connectivity index (χ2n) is 7.17. The van der Waals surface area contributed by atoms with Gasteiger partial charge in [-0.2, -0.15) is 14.9 Å². The van der Waals surface area contributed by atoms with Gasteiger partial charge in [-0.1, -0.05) is 26.8 Å². The van der Waals surface area contributed by atoms with Crippen molar-refractivity contribution in [3.05, 3.63) is 56.7 Å². The lowest BCUT2D eigenvalue weighted by molar-refractivity contribution is 0.271. The van der Waals surface area contributed by atoms with Crippen molar-refractivity contribution in [2.24, 2.45) is 5.10 Å². The maximum absolute atomic E-state index is 5.93. The fourth-order valence-electron chi connectivity index (χ4n) is 2.54. The Morgan fingerprint density at radius 3 is 2.75 bits per heavy atom. The second-order valence-corrected chi connectivity index (χ2v) is 8.58. The Balaban J connectivity index is 1.83. The first-order valence-corrected chi connectivity index (χ1v) is 10.3. The molecule has 2 heterocycles. The summed E-state index contributed by atoms with van der Waals surface area (Å²) in [6.45, 7) is 9.22. The number of aromatic nitrogens is 3. The highest BCUT2D eigenvalue weighted by molar-refractivity contribution is 7.71. The third-order valence-corrected chi connectivity index (χ3v) is 4.98. The quantitative estimate of drug-likeness (QED) is 0.427. The molecule has 0 amide bonds. The molecular formula is C20H24N4O2S2. The fraction of sp³-hybridized carbons (Fsp3) is 0.350. The van der Waals surface area contributed by atoms with Crippen LogP contribution in [0.25, 0.3) is 0 Å². The Kier molecular flexibility index (Phi) is 6.31. The second kappa shape index (κ2) is 8.70. The third kappa shape index (κ3) is 4.88. The lowest BCUT2D eigenvalue weighted by atomic mass is 9.96. The Morgan fingerprint density at radius 2 is 2.07 bits per heavy atom. The summed E-state index contributed by atoms with van der Waals surface area (Å²) in [6.07, 6.45) is 1.74. The van der Waals surface area contributed by atoms with Crippen LogP contribution in [0.4, 0.5) is 0 Å². The van der Waals surface area contributed by atoms with Crippen LogP contribution in [-0.2, 0) is 12.0 Å². The minimum Gasteiger partial charge on any atom is -0.490 e. The molecule has 0 aliphatic carbocycles. The predicted octanol–water partition coefficient (Wildman–Crippen LogP) is 5.16. The molecule has 0 unspecified atom stereocenters. The number of nitrogens with zero attached hydrogens (tertiary/aromatic N) is 3. The van der Waals surface area contributed by atoms with Gasteiger partial charge in [0.05, 0.1) is 12.8 Å². The van der Waals surface area contributed by atoms with Gasteiger partial charge in [-0.05, 0) is 54.4 Å². The number of ether oxygens (including phenoxy) is 2. The zero-order valence-corrected chi connectivity index (χ0v) is 18.1. The largest absolute Gasteiger partial charge is 0.490 e. The van der Waals surface area contributed by atoms with Crippen LogP contribution >= 0.6 is 23.6 Å². The maximum atomic E-state index is 5.93. The fourth-order valence-corrected chi connectivity index (χ4v) is 3.34. The standard InChI is InChI=1S/C20H24N4O2S2/c1-5-25-17-11-14(8-9-16(17)26-13-15-7-6-10-28-15)12-21-24-18(20(2,3)4)22-23-19(24)27/h6-12H,5,13H2,1-4H3,(H,23,27)/b21-12-. The van der Waals surface area contributed by atoms with Gasteiger partial charge in [0.1, 0.15) is 6.61 Å². The molecule has 0 radical (unpaired) electrons. The molecule has 0 spiro atoms. The Hall–Kier alpha value is -2.45. The van der Waals surface area contributed by atoms with Crippen molar-refractivity contribution in [1.29, 1.82) is 0 Å². The summed E-state index contributed by atoms with van der Waals surface area (Å²) in [5.41, 5.74) is 0.704. The number of aromatic amines is 1. The van der Waals surface area contributed by atoms with E-state index in [1.165, 1.54) is 0 Å². The first-order valence-electron chi connectivity index (χ1n) is 9.02. The van der Waals surface area contributed by atoms with Crippen molar-refractivity contribution in [3.8, 4) is 11.5 Å². The van der Waals surface area contributed by atoms with E-state index in [1.54, 1.807) is 22.2 Å². The van der Waals surface area contributed by atoms with E-state index in [0.29, 0.717) is 29.5 Å². The van der Waals surface area contributed by atoms with Crippen LogP contribution in [0.3, 0.4) is 0 Å². The van der Waals surface area contributed by atoms with Gasteiger partial charge in [0.15, 0.2) is 17.3 Å². The van der Waals surface area contributed by atoms with Gasteiger partial charge >= 0.3 is 0 Å². The van der Waals surface area contributed by atoms with E-state index in [-0.39, 0.29) is 5.41 Å². The highest BCUT2D eigenvalue weighted by Gasteiger charge is 2.21. The van der Waals surface area contributed by atoms with E-state index in [1.807, 2.05) is 42.6 Å². The molecule has 1 N–H and O–H groups in total. The molecule has 28 heavy (non-hydrogen) atoms. The maximum Gasteiger partial charge on any atom is 0.216 e. The number of hydrogen-bond donors (Lipinski definition) is 1. The van der Waals surface area contributed by atoms with Gasteiger partial charge in [-0.25, -0.2) is 0 Å². The van der Waals surface area contributed by atoms with Crippen molar-refractivity contribution in [1.82, 2.24) is 14.9 Å². The number of benzene rings is 1. The summed E-state index contributed by atoms with van der Waals surface area (Å²) in [4.78, 5) is 1.16. The molecule has 6 nitrogen and oxygen atoms in total. The smallest absolute Gasteiger partial charge is 0.216 e. The Labute approximate surface area is 173 Å². The molecule has 0 saturated carbocycles. The van der Waals surface area contributed by atoms with Crippen LogP contribution in [0, 0.1) is 4.77 Å². The third-order valence-electron chi connectivity index (χ3n) is 3.86. The van der Waals surface area contributed by atoms with Gasteiger partial charge < -0.3 is 9.47 Å². The number of rotatable bonds is 7. The van der Waals surface area contributed by atoms with Crippen LogP contribution < -0.4 is 9.47 Å². The van der Waals surface area contributed by atoms with E-state index in [4.69, 9.17) is 21.7 Å². The molecule has 0 atom stereocenters. The highest BCUT2D eigenvalue weighted by atomic mass is 32.1.